The van der Waals surface area contributed by atoms with Crippen LogP contribution >= 0.6 is 11.3 Å². The summed E-state index contributed by atoms with van der Waals surface area (Å²) in [6, 6.07) is 4.06. The highest BCUT2D eigenvalue weighted by Crippen LogP contribution is 2.19. The fourth-order valence-electron chi connectivity index (χ4n) is 2.27. The second kappa shape index (κ2) is 5.49. The molecule has 0 aliphatic rings. The minimum atomic E-state index is -0.921. The third kappa shape index (κ3) is 2.71. The van der Waals surface area contributed by atoms with Crippen LogP contribution in [-0.2, 0) is 13.0 Å². The first-order valence-corrected chi connectivity index (χ1v) is 7.77. The van der Waals surface area contributed by atoms with Crippen LogP contribution in [0.5, 0.6) is 0 Å². The number of nitrogens with zero attached hydrogens (tertiary/aromatic N) is 4. The molecule has 0 amide bonds. The highest BCUT2D eigenvalue weighted by molar-refractivity contribution is 7.13. The fraction of sp³-hybridized carbons (Fsp3) is 0.333. The van der Waals surface area contributed by atoms with E-state index >= 15 is 0 Å². The first-order valence-electron chi connectivity index (χ1n) is 6.95. The molecule has 0 radical (unpaired) electrons. The average Bonchev–Trinajstić information content (AvgIpc) is 3.00. The molecule has 3 rings (SSSR count). The molecule has 0 spiro atoms. The SMILES string of the molecule is Cc1cc2nn(CCc3nc(C)c(C(=O)O)s3)nc2cc1C. The smallest absolute Gasteiger partial charge is 0.347 e. The highest BCUT2D eigenvalue weighted by Gasteiger charge is 2.14. The molecule has 0 bridgehead atoms. The zero-order valence-corrected chi connectivity index (χ0v) is 13.4. The Bertz CT molecular complexity index is 827. The predicted molar refractivity (Wildman–Crippen MR) is 84.5 cm³/mol. The number of thiazole rings is 1. The zero-order chi connectivity index (χ0) is 15.9. The molecule has 2 aromatic heterocycles. The van der Waals surface area contributed by atoms with Crippen LogP contribution in [0.4, 0.5) is 0 Å². The summed E-state index contributed by atoms with van der Waals surface area (Å²) in [4.78, 5) is 17.3. The normalized spacial score (nSPS) is 11.2. The van der Waals surface area contributed by atoms with Crippen LogP contribution in [0.1, 0.15) is 31.5 Å². The quantitative estimate of drug-likeness (QED) is 0.800. The monoisotopic (exact) mass is 316 g/mol. The molecule has 1 N–H and O–H groups in total. The van der Waals surface area contributed by atoms with Gasteiger partial charge in [0.25, 0.3) is 0 Å². The summed E-state index contributed by atoms with van der Waals surface area (Å²) in [5.74, 6) is -0.921. The molecular weight excluding hydrogens is 300 g/mol. The van der Waals surface area contributed by atoms with E-state index in [9.17, 15) is 4.79 Å². The van der Waals surface area contributed by atoms with Gasteiger partial charge in [-0.1, -0.05) is 0 Å². The number of aryl methyl sites for hydroxylation is 5. The van der Waals surface area contributed by atoms with Gasteiger partial charge in [0.2, 0.25) is 0 Å². The Morgan fingerprint density at radius 2 is 1.77 bits per heavy atom. The van der Waals surface area contributed by atoms with Crippen molar-refractivity contribution in [2.24, 2.45) is 0 Å². The summed E-state index contributed by atoms with van der Waals surface area (Å²) in [7, 11) is 0. The molecule has 0 aliphatic heterocycles. The number of aromatic carboxylic acids is 1. The van der Waals surface area contributed by atoms with E-state index in [-0.39, 0.29) is 0 Å². The Balaban J connectivity index is 1.79. The van der Waals surface area contributed by atoms with E-state index < -0.39 is 5.97 Å². The van der Waals surface area contributed by atoms with Gasteiger partial charge in [-0.3, -0.25) is 0 Å². The first-order chi connectivity index (χ1) is 10.4. The van der Waals surface area contributed by atoms with Gasteiger partial charge in [0.05, 0.1) is 17.2 Å². The Hall–Kier alpha value is -2.28. The molecular formula is C15H16N4O2S. The van der Waals surface area contributed by atoms with Crippen molar-refractivity contribution in [2.45, 2.75) is 33.7 Å². The van der Waals surface area contributed by atoms with Crippen LogP contribution in [0, 0.1) is 20.8 Å². The van der Waals surface area contributed by atoms with Crippen molar-refractivity contribution >= 4 is 28.3 Å². The predicted octanol–water partition coefficient (Wildman–Crippen LogP) is 2.75. The summed E-state index contributed by atoms with van der Waals surface area (Å²) in [6.45, 7) is 6.41. The number of benzene rings is 1. The lowest BCUT2D eigenvalue weighted by atomic mass is 10.1. The van der Waals surface area contributed by atoms with Crippen molar-refractivity contribution in [1.29, 1.82) is 0 Å². The summed E-state index contributed by atoms with van der Waals surface area (Å²) < 4.78 is 0. The van der Waals surface area contributed by atoms with Crippen molar-refractivity contribution in [2.75, 3.05) is 0 Å². The minimum absolute atomic E-state index is 0.305. The maximum absolute atomic E-state index is 11.0. The summed E-state index contributed by atoms with van der Waals surface area (Å²) in [6.07, 6.45) is 0.623. The molecule has 2 heterocycles. The van der Waals surface area contributed by atoms with Gasteiger partial charge in [-0.25, -0.2) is 9.78 Å². The summed E-state index contributed by atoms with van der Waals surface area (Å²) in [5, 5.41) is 18.8. The van der Waals surface area contributed by atoms with Crippen molar-refractivity contribution in [1.82, 2.24) is 20.0 Å². The minimum Gasteiger partial charge on any atom is -0.477 e. The van der Waals surface area contributed by atoms with E-state index in [1.54, 1.807) is 11.7 Å². The van der Waals surface area contributed by atoms with Crippen LogP contribution in [-0.4, -0.2) is 31.1 Å². The number of rotatable bonds is 4. The second-order valence-electron chi connectivity index (χ2n) is 5.30. The van der Waals surface area contributed by atoms with Crippen LogP contribution in [0.25, 0.3) is 11.0 Å². The lowest BCUT2D eigenvalue weighted by molar-refractivity contribution is 0.0701. The number of carbonyl (C=O) groups is 1. The van der Waals surface area contributed by atoms with Gasteiger partial charge >= 0.3 is 5.97 Å². The van der Waals surface area contributed by atoms with Crippen LogP contribution in [0.15, 0.2) is 12.1 Å². The van der Waals surface area contributed by atoms with E-state index in [0.29, 0.717) is 23.5 Å². The third-order valence-electron chi connectivity index (χ3n) is 3.60. The van der Waals surface area contributed by atoms with Crippen molar-refractivity contribution < 1.29 is 9.90 Å². The fourth-order valence-corrected chi connectivity index (χ4v) is 3.16. The lowest BCUT2D eigenvalue weighted by Gasteiger charge is -1.95. The van der Waals surface area contributed by atoms with E-state index in [4.69, 9.17) is 5.11 Å². The Morgan fingerprint density at radius 3 is 2.27 bits per heavy atom. The van der Waals surface area contributed by atoms with Gasteiger partial charge < -0.3 is 5.11 Å². The molecule has 3 aromatic rings. The maximum Gasteiger partial charge on any atom is 0.347 e. The summed E-state index contributed by atoms with van der Waals surface area (Å²) in [5.41, 5.74) is 4.72. The molecule has 0 aliphatic carbocycles. The van der Waals surface area contributed by atoms with Gasteiger partial charge in [0, 0.05) is 6.42 Å². The largest absolute Gasteiger partial charge is 0.477 e. The number of carboxylic acid groups (broad SMARTS) is 1. The number of fused-ring (bicyclic) bond motifs is 1. The highest BCUT2D eigenvalue weighted by atomic mass is 32.1. The lowest BCUT2D eigenvalue weighted by Crippen LogP contribution is -2.04. The van der Waals surface area contributed by atoms with Gasteiger partial charge in [0.15, 0.2) is 0 Å². The molecule has 6 nitrogen and oxygen atoms in total. The standard InChI is InChI=1S/C15H16N4O2S/c1-8-6-11-12(7-9(8)2)18-19(17-11)5-4-13-16-10(3)14(22-13)15(20)21/h6-7H,4-5H2,1-3H3,(H,20,21). The van der Waals surface area contributed by atoms with E-state index in [1.165, 1.54) is 22.5 Å². The molecule has 1 aromatic carbocycles. The maximum atomic E-state index is 11.0. The number of hydrogen-bond acceptors (Lipinski definition) is 5. The van der Waals surface area contributed by atoms with E-state index in [0.717, 1.165) is 16.0 Å². The van der Waals surface area contributed by atoms with E-state index in [2.05, 4.69) is 29.0 Å². The Morgan fingerprint density at radius 1 is 1.18 bits per heavy atom. The van der Waals surface area contributed by atoms with Gasteiger partial charge in [-0.05, 0) is 44.0 Å². The van der Waals surface area contributed by atoms with Gasteiger partial charge in [-0.2, -0.15) is 15.0 Å². The molecule has 0 saturated carbocycles. The molecule has 0 saturated heterocycles. The van der Waals surface area contributed by atoms with Crippen molar-refractivity contribution in [3.63, 3.8) is 0 Å². The molecule has 0 unspecified atom stereocenters. The first kappa shape index (κ1) is 14.6. The van der Waals surface area contributed by atoms with E-state index in [1.807, 2.05) is 12.1 Å². The van der Waals surface area contributed by atoms with Crippen LogP contribution in [0.2, 0.25) is 0 Å². The number of aromatic nitrogens is 4. The molecule has 114 valence electrons. The molecule has 7 heteroatoms. The molecule has 22 heavy (non-hydrogen) atoms. The van der Waals surface area contributed by atoms with Crippen molar-refractivity contribution in [3.05, 3.63) is 38.8 Å². The van der Waals surface area contributed by atoms with Gasteiger partial charge in [0.1, 0.15) is 15.9 Å². The zero-order valence-electron chi connectivity index (χ0n) is 12.6. The average molecular weight is 316 g/mol. The Labute approximate surface area is 131 Å². The molecule has 0 atom stereocenters. The Kier molecular flexibility index (Phi) is 3.66. The third-order valence-corrected chi connectivity index (χ3v) is 4.80. The number of carboxylic acids is 1. The van der Waals surface area contributed by atoms with Gasteiger partial charge in [-0.15, -0.1) is 11.3 Å². The topological polar surface area (TPSA) is 80.9 Å². The number of hydrogen-bond donors (Lipinski definition) is 1. The van der Waals surface area contributed by atoms with Crippen LogP contribution in [0.3, 0.4) is 0 Å². The van der Waals surface area contributed by atoms with Crippen molar-refractivity contribution in [3.8, 4) is 0 Å². The molecule has 0 fully saturated rings. The second-order valence-corrected chi connectivity index (χ2v) is 6.38. The van der Waals surface area contributed by atoms with Crippen LogP contribution < -0.4 is 0 Å². The summed E-state index contributed by atoms with van der Waals surface area (Å²) >= 11 is 1.22.